The van der Waals surface area contributed by atoms with Gasteiger partial charge in [-0.15, -0.1) is 0 Å². The van der Waals surface area contributed by atoms with E-state index in [4.69, 9.17) is 9.47 Å². The van der Waals surface area contributed by atoms with E-state index in [0.29, 0.717) is 5.75 Å². The number of aromatic carboxylic acids is 1. The first kappa shape index (κ1) is 22.7. The van der Waals surface area contributed by atoms with Crippen LogP contribution >= 0.6 is 0 Å². The van der Waals surface area contributed by atoms with Gasteiger partial charge in [0.15, 0.2) is 6.61 Å². The summed E-state index contributed by atoms with van der Waals surface area (Å²) in [5.41, 5.74) is 1.10. The fourth-order valence-electron chi connectivity index (χ4n) is 2.00. The number of carbonyl (C=O) groups excluding carboxylic acids is 2. The highest BCUT2D eigenvalue weighted by Gasteiger charge is 2.15. The van der Waals surface area contributed by atoms with E-state index in [1.54, 1.807) is 26.4 Å². The average Bonchev–Trinajstić information content (AvgIpc) is 2.62. The van der Waals surface area contributed by atoms with E-state index in [0.717, 1.165) is 5.56 Å². The second-order valence-corrected chi connectivity index (χ2v) is 5.67. The maximum Gasteiger partial charge on any atom is 0.339 e. The summed E-state index contributed by atoms with van der Waals surface area (Å²) in [6.07, 6.45) is 0. The molecule has 2 rings (SSSR count). The quantitative estimate of drug-likeness (QED) is 0.577. The lowest BCUT2D eigenvalue weighted by Gasteiger charge is -2.10. The number of esters is 1. The molecule has 150 valence electrons. The van der Waals surface area contributed by atoms with Gasteiger partial charge in [-0.2, -0.15) is 0 Å². The van der Waals surface area contributed by atoms with Crippen LogP contribution in [-0.4, -0.2) is 43.8 Å². The first-order valence-corrected chi connectivity index (χ1v) is 8.22. The highest BCUT2D eigenvalue weighted by molar-refractivity contribution is 5.96. The summed E-state index contributed by atoms with van der Waals surface area (Å²) in [6, 6.07) is 11.2. The van der Waals surface area contributed by atoms with Crippen LogP contribution in [0.3, 0.4) is 0 Å². The minimum absolute atomic E-state index is 0.0890. The molecule has 0 fully saturated rings. The first-order chi connectivity index (χ1) is 13.3. The van der Waals surface area contributed by atoms with E-state index < -0.39 is 17.8 Å². The van der Waals surface area contributed by atoms with Crippen LogP contribution in [-0.2, 0) is 14.3 Å². The molecule has 0 aliphatic carbocycles. The van der Waals surface area contributed by atoms with Crippen molar-refractivity contribution in [3.8, 4) is 11.5 Å². The minimum Gasteiger partial charge on any atom is -0.484 e. The number of rotatable bonds is 6. The Morgan fingerprint density at radius 3 is 2.18 bits per heavy atom. The van der Waals surface area contributed by atoms with E-state index in [9.17, 15) is 19.5 Å². The number of nitrogens with one attached hydrogen (secondary N) is 1. The molecule has 0 atom stereocenters. The number of hydrogen-bond donors (Lipinski definition) is 2. The van der Waals surface area contributed by atoms with Gasteiger partial charge in [0, 0.05) is 26.8 Å². The summed E-state index contributed by atoms with van der Waals surface area (Å²) < 4.78 is 14.4. The Kier molecular flexibility index (Phi) is 9.18. The Hall–Kier alpha value is -3.39. The fraction of sp³-hybridized carbons (Fsp3) is 0.250. The second kappa shape index (κ2) is 11.3. The zero-order valence-corrected chi connectivity index (χ0v) is 16.1. The lowest BCUT2D eigenvalue weighted by Crippen LogP contribution is -2.20. The molecule has 0 heterocycles. The number of benzene rings is 2. The van der Waals surface area contributed by atoms with E-state index in [2.05, 4.69) is 10.1 Å². The molecule has 8 heteroatoms. The fourth-order valence-corrected chi connectivity index (χ4v) is 2.00. The average molecular weight is 389 g/mol. The third kappa shape index (κ3) is 7.88. The van der Waals surface area contributed by atoms with Crippen molar-refractivity contribution in [3.63, 3.8) is 0 Å². The molecule has 28 heavy (non-hydrogen) atoms. The molecule has 2 N–H and O–H groups in total. The molecule has 0 radical (unpaired) electrons. The van der Waals surface area contributed by atoms with E-state index >= 15 is 0 Å². The number of carboxylic acid groups (broad SMARTS) is 1. The van der Waals surface area contributed by atoms with Gasteiger partial charge in [0.25, 0.3) is 5.91 Å². The molecular weight excluding hydrogens is 366 g/mol. The topological polar surface area (TPSA) is 111 Å². The molecule has 8 nitrogen and oxygen atoms in total. The Morgan fingerprint density at radius 1 is 1.04 bits per heavy atom. The van der Waals surface area contributed by atoms with Crippen LogP contribution in [0.4, 0.5) is 5.69 Å². The Morgan fingerprint density at radius 2 is 1.64 bits per heavy atom. The molecular formula is C20H23NO7. The van der Waals surface area contributed by atoms with Crippen molar-refractivity contribution in [1.29, 1.82) is 0 Å². The van der Waals surface area contributed by atoms with Crippen LogP contribution < -0.4 is 14.8 Å². The summed E-state index contributed by atoms with van der Waals surface area (Å²) in [5.74, 6) is -1.89. The zero-order chi connectivity index (χ0) is 21.1. The molecule has 2 aromatic carbocycles. The SMILES string of the molecule is CC(=O)Oc1ccc(NC(=O)COc2ccc(C)cc2)cc1C(=O)O.COC. The van der Waals surface area contributed by atoms with Gasteiger partial charge in [-0.3, -0.25) is 9.59 Å². The smallest absolute Gasteiger partial charge is 0.339 e. The standard InChI is InChI=1S/C18H17NO6.C2H6O/c1-11-3-6-14(7-4-11)24-10-17(21)19-13-5-8-16(25-12(2)20)15(9-13)18(22)23;1-3-2/h3-9H,10H2,1-2H3,(H,19,21)(H,22,23);1-2H3. The van der Waals surface area contributed by atoms with Gasteiger partial charge in [-0.1, -0.05) is 17.7 Å². The van der Waals surface area contributed by atoms with Gasteiger partial charge in [0.2, 0.25) is 0 Å². The molecule has 0 spiro atoms. The molecule has 0 aliphatic heterocycles. The minimum atomic E-state index is -1.27. The van der Waals surface area contributed by atoms with Gasteiger partial charge < -0.3 is 24.6 Å². The molecule has 0 saturated heterocycles. The van der Waals surface area contributed by atoms with Gasteiger partial charge >= 0.3 is 11.9 Å². The number of hydrogen-bond acceptors (Lipinski definition) is 6. The van der Waals surface area contributed by atoms with Crippen LogP contribution in [0, 0.1) is 6.92 Å². The number of carboxylic acids is 1. The lowest BCUT2D eigenvalue weighted by molar-refractivity contribution is -0.131. The monoisotopic (exact) mass is 389 g/mol. The summed E-state index contributed by atoms with van der Waals surface area (Å²) in [4.78, 5) is 34.2. The lowest BCUT2D eigenvalue weighted by atomic mass is 10.1. The van der Waals surface area contributed by atoms with E-state index in [1.165, 1.54) is 25.1 Å². The molecule has 0 aliphatic rings. The summed E-state index contributed by atoms with van der Waals surface area (Å²) in [6.45, 7) is 2.89. The predicted molar refractivity (Wildman–Crippen MR) is 103 cm³/mol. The van der Waals surface area contributed by atoms with Crippen LogP contribution in [0.2, 0.25) is 0 Å². The van der Waals surface area contributed by atoms with Crippen molar-refractivity contribution in [1.82, 2.24) is 0 Å². The van der Waals surface area contributed by atoms with Crippen LogP contribution in [0.1, 0.15) is 22.8 Å². The van der Waals surface area contributed by atoms with Gasteiger partial charge in [-0.05, 0) is 37.3 Å². The number of aryl methyl sites for hydroxylation is 1. The van der Waals surface area contributed by atoms with Crippen LogP contribution in [0.15, 0.2) is 42.5 Å². The van der Waals surface area contributed by atoms with Crippen molar-refractivity contribution in [2.24, 2.45) is 0 Å². The molecule has 0 aromatic heterocycles. The number of ether oxygens (including phenoxy) is 3. The Bertz CT molecular complexity index is 816. The van der Waals surface area contributed by atoms with Crippen LogP contribution in [0.5, 0.6) is 11.5 Å². The molecule has 0 saturated carbocycles. The Balaban J connectivity index is 0.00000122. The predicted octanol–water partition coefficient (Wildman–Crippen LogP) is 2.90. The van der Waals surface area contributed by atoms with Crippen molar-refractivity contribution < 1.29 is 33.7 Å². The number of carbonyl (C=O) groups is 3. The number of methoxy groups -OCH3 is 1. The largest absolute Gasteiger partial charge is 0.484 e. The van der Waals surface area contributed by atoms with E-state index in [1.807, 2.05) is 19.1 Å². The highest BCUT2D eigenvalue weighted by atomic mass is 16.5. The van der Waals surface area contributed by atoms with Gasteiger partial charge in [0.1, 0.15) is 17.1 Å². The third-order valence-corrected chi connectivity index (χ3v) is 3.14. The summed E-state index contributed by atoms with van der Waals surface area (Å²) >= 11 is 0. The third-order valence-electron chi connectivity index (χ3n) is 3.14. The molecule has 0 bridgehead atoms. The summed E-state index contributed by atoms with van der Waals surface area (Å²) in [5, 5.41) is 11.7. The molecule has 2 aromatic rings. The van der Waals surface area contributed by atoms with Crippen molar-refractivity contribution in [2.45, 2.75) is 13.8 Å². The van der Waals surface area contributed by atoms with Crippen LogP contribution in [0.25, 0.3) is 0 Å². The summed E-state index contributed by atoms with van der Waals surface area (Å²) in [7, 11) is 3.25. The zero-order valence-electron chi connectivity index (χ0n) is 16.1. The van der Waals surface area contributed by atoms with Crippen molar-refractivity contribution in [2.75, 3.05) is 26.1 Å². The molecule has 0 unspecified atom stereocenters. The first-order valence-electron chi connectivity index (χ1n) is 8.22. The maximum absolute atomic E-state index is 11.9. The van der Waals surface area contributed by atoms with Crippen molar-refractivity contribution in [3.05, 3.63) is 53.6 Å². The Labute approximate surface area is 163 Å². The van der Waals surface area contributed by atoms with Gasteiger partial charge in [0.05, 0.1) is 0 Å². The second-order valence-electron chi connectivity index (χ2n) is 5.67. The van der Waals surface area contributed by atoms with Gasteiger partial charge in [-0.25, -0.2) is 4.79 Å². The van der Waals surface area contributed by atoms with Crippen molar-refractivity contribution >= 4 is 23.5 Å². The van der Waals surface area contributed by atoms with E-state index in [-0.39, 0.29) is 23.6 Å². The normalized spacial score (nSPS) is 9.57. The number of amides is 1. The number of anilines is 1. The highest BCUT2D eigenvalue weighted by Crippen LogP contribution is 2.23. The molecule has 1 amide bonds. The maximum atomic E-state index is 11.9.